The zero-order chi connectivity index (χ0) is 16.9. The Bertz CT molecular complexity index is 732. The van der Waals surface area contributed by atoms with Crippen LogP contribution < -0.4 is 5.32 Å². The van der Waals surface area contributed by atoms with E-state index in [0.29, 0.717) is 6.42 Å². The molecule has 1 aromatic heterocycles. The third kappa shape index (κ3) is 3.88. The second kappa shape index (κ2) is 7.38. The van der Waals surface area contributed by atoms with Crippen LogP contribution in [0.3, 0.4) is 0 Å². The standard InChI is InChI=1S/C18H23N5O/c1-13(16-6-4-3-5-7-16)19-18(24)12-15-8-10-17(11-9-15)23-14(2)20-21-22-23/h6,8-11,13H,3-5,7,12H2,1-2H3,(H,19,24)/t13-/m0/s1. The summed E-state index contributed by atoms with van der Waals surface area (Å²) in [4.78, 5) is 12.3. The van der Waals surface area contributed by atoms with E-state index >= 15 is 0 Å². The number of allylic oxidation sites excluding steroid dienone is 1. The third-order valence-electron chi connectivity index (χ3n) is 4.43. The van der Waals surface area contributed by atoms with Crippen LogP contribution in [0.2, 0.25) is 0 Å². The molecule has 1 atom stereocenters. The summed E-state index contributed by atoms with van der Waals surface area (Å²) in [7, 11) is 0. The van der Waals surface area contributed by atoms with Gasteiger partial charge in [-0.15, -0.1) is 5.10 Å². The Balaban J connectivity index is 1.58. The largest absolute Gasteiger partial charge is 0.350 e. The number of benzene rings is 1. The number of aromatic nitrogens is 4. The van der Waals surface area contributed by atoms with Gasteiger partial charge in [-0.2, -0.15) is 4.68 Å². The average molecular weight is 325 g/mol. The summed E-state index contributed by atoms with van der Waals surface area (Å²) < 4.78 is 1.67. The van der Waals surface area contributed by atoms with Gasteiger partial charge in [0.05, 0.1) is 12.1 Å². The van der Waals surface area contributed by atoms with Crippen LogP contribution in [-0.2, 0) is 11.2 Å². The average Bonchev–Trinajstić information content (AvgIpc) is 3.02. The molecular weight excluding hydrogens is 302 g/mol. The van der Waals surface area contributed by atoms with Crippen LogP contribution in [0.1, 0.15) is 44.0 Å². The fourth-order valence-corrected chi connectivity index (χ4v) is 3.05. The van der Waals surface area contributed by atoms with Gasteiger partial charge in [0, 0.05) is 6.04 Å². The van der Waals surface area contributed by atoms with E-state index in [1.165, 1.54) is 18.4 Å². The van der Waals surface area contributed by atoms with Crippen LogP contribution in [0, 0.1) is 6.92 Å². The van der Waals surface area contributed by atoms with Gasteiger partial charge < -0.3 is 5.32 Å². The van der Waals surface area contributed by atoms with Crippen molar-refractivity contribution in [1.82, 2.24) is 25.5 Å². The molecule has 1 aliphatic rings. The summed E-state index contributed by atoms with van der Waals surface area (Å²) in [5.41, 5.74) is 3.23. The lowest BCUT2D eigenvalue weighted by Crippen LogP contribution is -2.35. The lowest BCUT2D eigenvalue weighted by atomic mass is 9.94. The van der Waals surface area contributed by atoms with Crippen molar-refractivity contribution < 1.29 is 4.79 Å². The molecule has 1 heterocycles. The molecule has 24 heavy (non-hydrogen) atoms. The lowest BCUT2D eigenvalue weighted by Gasteiger charge is -2.20. The molecular formula is C18H23N5O. The van der Waals surface area contributed by atoms with Crippen LogP contribution in [0.4, 0.5) is 0 Å². The van der Waals surface area contributed by atoms with Crippen molar-refractivity contribution in [2.24, 2.45) is 0 Å². The number of aryl methyl sites for hydroxylation is 1. The molecule has 3 rings (SSSR count). The zero-order valence-corrected chi connectivity index (χ0v) is 14.2. The molecule has 1 aliphatic carbocycles. The number of carbonyl (C=O) groups is 1. The highest BCUT2D eigenvalue weighted by Gasteiger charge is 2.14. The summed E-state index contributed by atoms with van der Waals surface area (Å²) in [5, 5.41) is 14.6. The first-order valence-corrected chi connectivity index (χ1v) is 8.46. The SMILES string of the molecule is Cc1nnnn1-c1ccc(CC(=O)N[C@@H](C)C2=CCCCC2)cc1. The quantitative estimate of drug-likeness (QED) is 0.857. The van der Waals surface area contributed by atoms with Gasteiger partial charge in [-0.1, -0.05) is 23.8 Å². The number of tetrazole rings is 1. The van der Waals surface area contributed by atoms with Crippen molar-refractivity contribution in [3.05, 3.63) is 47.3 Å². The van der Waals surface area contributed by atoms with E-state index in [0.717, 1.165) is 29.9 Å². The Morgan fingerprint density at radius 1 is 1.29 bits per heavy atom. The minimum absolute atomic E-state index is 0.0559. The molecule has 0 spiro atoms. The maximum atomic E-state index is 12.3. The van der Waals surface area contributed by atoms with Crippen LogP contribution in [-0.4, -0.2) is 32.2 Å². The number of amides is 1. The first kappa shape index (κ1) is 16.4. The maximum absolute atomic E-state index is 12.3. The smallest absolute Gasteiger partial charge is 0.224 e. The Hall–Kier alpha value is -2.50. The fourth-order valence-electron chi connectivity index (χ4n) is 3.05. The van der Waals surface area contributed by atoms with E-state index in [4.69, 9.17) is 0 Å². The number of nitrogens with one attached hydrogen (secondary N) is 1. The highest BCUT2D eigenvalue weighted by molar-refractivity contribution is 5.79. The van der Waals surface area contributed by atoms with E-state index in [2.05, 4.69) is 33.8 Å². The first-order chi connectivity index (χ1) is 11.6. The van der Waals surface area contributed by atoms with Crippen molar-refractivity contribution >= 4 is 5.91 Å². The molecule has 2 aromatic rings. The predicted octanol–water partition coefficient (Wildman–Crippen LogP) is 2.52. The van der Waals surface area contributed by atoms with Gasteiger partial charge in [0.2, 0.25) is 5.91 Å². The summed E-state index contributed by atoms with van der Waals surface area (Å²) in [6.07, 6.45) is 7.38. The molecule has 1 aromatic carbocycles. The number of carbonyl (C=O) groups excluding carboxylic acids is 1. The fraction of sp³-hybridized carbons (Fsp3) is 0.444. The van der Waals surface area contributed by atoms with Gasteiger partial charge in [-0.3, -0.25) is 4.79 Å². The zero-order valence-electron chi connectivity index (χ0n) is 14.2. The second-order valence-corrected chi connectivity index (χ2v) is 6.30. The van der Waals surface area contributed by atoms with Gasteiger partial charge in [0.1, 0.15) is 0 Å². The molecule has 1 amide bonds. The topological polar surface area (TPSA) is 72.7 Å². The van der Waals surface area contributed by atoms with Crippen LogP contribution >= 0.6 is 0 Å². The molecule has 6 heteroatoms. The van der Waals surface area contributed by atoms with E-state index in [9.17, 15) is 4.79 Å². The number of hydrogen-bond acceptors (Lipinski definition) is 4. The lowest BCUT2D eigenvalue weighted by molar-refractivity contribution is -0.120. The Labute approximate surface area is 142 Å². The van der Waals surface area contributed by atoms with E-state index in [1.807, 2.05) is 31.2 Å². The van der Waals surface area contributed by atoms with Crippen LogP contribution in [0.15, 0.2) is 35.9 Å². The second-order valence-electron chi connectivity index (χ2n) is 6.30. The predicted molar refractivity (Wildman–Crippen MR) is 91.8 cm³/mol. The van der Waals surface area contributed by atoms with Crippen molar-refractivity contribution in [3.8, 4) is 5.69 Å². The molecule has 6 nitrogen and oxygen atoms in total. The normalized spacial score (nSPS) is 15.7. The van der Waals surface area contributed by atoms with Gasteiger partial charge in [-0.25, -0.2) is 0 Å². The van der Waals surface area contributed by atoms with Gasteiger partial charge in [-0.05, 0) is 67.7 Å². The van der Waals surface area contributed by atoms with Gasteiger partial charge >= 0.3 is 0 Å². The van der Waals surface area contributed by atoms with Gasteiger partial charge in [0.25, 0.3) is 0 Å². The van der Waals surface area contributed by atoms with Crippen molar-refractivity contribution in [2.45, 2.75) is 52.0 Å². The van der Waals surface area contributed by atoms with E-state index in [1.54, 1.807) is 4.68 Å². The minimum Gasteiger partial charge on any atom is -0.350 e. The minimum atomic E-state index is 0.0559. The molecule has 0 aliphatic heterocycles. The molecule has 0 saturated carbocycles. The number of rotatable bonds is 5. The molecule has 126 valence electrons. The first-order valence-electron chi connectivity index (χ1n) is 8.46. The van der Waals surface area contributed by atoms with Crippen molar-refractivity contribution in [1.29, 1.82) is 0 Å². The van der Waals surface area contributed by atoms with E-state index < -0.39 is 0 Å². The molecule has 0 unspecified atom stereocenters. The summed E-state index contributed by atoms with van der Waals surface area (Å²) in [5.74, 6) is 0.787. The number of nitrogens with zero attached hydrogens (tertiary/aromatic N) is 4. The van der Waals surface area contributed by atoms with Crippen LogP contribution in [0.5, 0.6) is 0 Å². The van der Waals surface area contributed by atoms with Crippen LogP contribution in [0.25, 0.3) is 5.69 Å². The Kier molecular flexibility index (Phi) is 5.03. The third-order valence-corrected chi connectivity index (χ3v) is 4.43. The van der Waals surface area contributed by atoms with Crippen molar-refractivity contribution in [2.75, 3.05) is 0 Å². The summed E-state index contributed by atoms with van der Waals surface area (Å²) in [6.45, 7) is 3.92. The highest BCUT2D eigenvalue weighted by Crippen LogP contribution is 2.20. The highest BCUT2D eigenvalue weighted by atomic mass is 16.1. The van der Waals surface area contributed by atoms with Crippen molar-refractivity contribution in [3.63, 3.8) is 0 Å². The molecule has 0 saturated heterocycles. The molecule has 0 radical (unpaired) electrons. The van der Waals surface area contributed by atoms with Gasteiger partial charge in [0.15, 0.2) is 5.82 Å². The maximum Gasteiger partial charge on any atom is 0.224 e. The molecule has 1 N–H and O–H groups in total. The van der Waals surface area contributed by atoms with E-state index in [-0.39, 0.29) is 11.9 Å². The summed E-state index contributed by atoms with van der Waals surface area (Å²) >= 11 is 0. The Morgan fingerprint density at radius 3 is 2.71 bits per heavy atom. The number of hydrogen-bond donors (Lipinski definition) is 1. The Morgan fingerprint density at radius 2 is 2.08 bits per heavy atom. The summed E-state index contributed by atoms with van der Waals surface area (Å²) in [6, 6.07) is 7.88. The molecule has 0 bridgehead atoms. The molecule has 0 fully saturated rings. The monoisotopic (exact) mass is 325 g/mol.